The first kappa shape index (κ1) is 24.8. The number of aryl methyl sites for hydroxylation is 2. The molecule has 2 heterocycles. The first-order valence-corrected chi connectivity index (χ1v) is 13.5. The van der Waals surface area contributed by atoms with Gasteiger partial charge in [-0.3, -0.25) is 5.10 Å². The molecule has 1 aromatic heterocycles. The quantitative estimate of drug-likeness (QED) is 0.364. The Hall–Kier alpha value is -2.33. The Labute approximate surface area is 206 Å². The number of rotatable bonds is 2. The molecule has 2 unspecified atom stereocenters. The topological polar surface area (TPSA) is 52.7 Å². The summed E-state index contributed by atoms with van der Waals surface area (Å²) in [5.41, 5.74) is 18.8. The predicted octanol–water partition coefficient (Wildman–Crippen LogP) is 7.88. The van der Waals surface area contributed by atoms with Gasteiger partial charge in [0.1, 0.15) is 0 Å². The Kier molecular flexibility index (Phi) is 7.37. The van der Waals surface area contributed by atoms with E-state index in [1.807, 2.05) is 20.0 Å². The van der Waals surface area contributed by atoms with Gasteiger partial charge < -0.3 is 5.43 Å². The van der Waals surface area contributed by atoms with Crippen LogP contribution in [0.25, 0.3) is 10.9 Å². The van der Waals surface area contributed by atoms with E-state index in [2.05, 4.69) is 73.9 Å². The van der Waals surface area contributed by atoms with Gasteiger partial charge in [0.2, 0.25) is 0 Å². The van der Waals surface area contributed by atoms with E-state index in [9.17, 15) is 0 Å². The normalized spacial score (nSPS) is 20.0. The van der Waals surface area contributed by atoms with Gasteiger partial charge in [-0.15, -0.1) is 0 Å². The molecule has 1 aliphatic heterocycles. The summed E-state index contributed by atoms with van der Waals surface area (Å²) in [6.45, 7) is 16.6. The molecule has 0 amide bonds. The van der Waals surface area contributed by atoms with Crippen LogP contribution in [0.2, 0.25) is 0 Å². The van der Waals surface area contributed by atoms with Crippen molar-refractivity contribution >= 4 is 16.6 Å². The molecule has 2 aliphatic carbocycles. The molecule has 0 radical (unpaired) electrons. The molecule has 4 heteroatoms. The third-order valence-corrected chi connectivity index (χ3v) is 7.86. The minimum Gasteiger partial charge on any atom is -0.321 e. The molecule has 0 saturated heterocycles. The van der Waals surface area contributed by atoms with Crippen LogP contribution < -0.4 is 10.9 Å². The summed E-state index contributed by atoms with van der Waals surface area (Å²) in [7, 11) is 0. The Balaban J connectivity index is 0.000000154. The highest BCUT2D eigenvalue weighted by Gasteiger charge is 2.33. The minimum atomic E-state index is 0.237. The van der Waals surface area contributed by atoms with Crippen molar-refractivity contribution in [2.24, 2.45) is 0 Å². The average molecular weight is 461 g/mol. The lowest BCUT2D eigenvalue weighted by atomic mass is 9.76. The zero-order valence-corrected chi connectivity index (χ0v) is 22.4. The monoisotopic (exact) mass is 460 g/mol. The van der Waals surface area contributed by atoms with Gasteiger partial charge in [0, 0.05) is 11.9 Å². The highest BCUT2D eigenvalue weighted by atomic mass is 15.4. The largest absolute Gasteiger partial charge is 0.321 e. The molecule has 6 rings (SSSR count). The fourth-order valence-electron chi connectivity index (χ4n) is 6.29. The standard InChI is InChI=1S/C16H24N2.C12H14N2.C2H6/c1-5-10-6-7-11-8-13-12(9-17-18-13)15(14(10)11)16(2,3)4;1-2-8-3-4-9-6-12-10(5-11(8)9)7-13-14-12;1-2/h8,10,17-18H,5-7,9H2,1-4H3;5-8H,2-4H2,1H3,(H,13,14);1-2H3. The van der Waals surface area contributed by atoms with E-state index < -0.39 is 0 Å². The third-order valence-electron chi connectivity index (χ3n) is 7.86. The van der Waals surface area contributed by atoms with E-state index in [0.717, 1.165) is 18.4 Å². The Bertz CT molecular complexity index is 1130. The molecule has 3 aliphatic rings. The molecule has 2 atom stereocenters. The van der Waals surface area contributed by atoms with E-state index in [1.165, 1.54) is 66.2 Å². The first-order valence-electron chi connectivity index (χ1n) is 13.5. The van der Waals surface area contributed by atoms with Crippen LogP contribution in [-0.4, -0.2) is 10.2 Å². The highest BCUT2D eigenvalue weighted by Crippen LogP contribution is 2.46. The van der Waals surface area contributed by atoms with Gasteiger partial charge in [0.05, 0.1) is 17.4 Å². The van der Waals surface area contributed by atoms with Gasteiger partial charge in [0.15, 0.2) is 0 Å². The number of aromatic amines is 1. The van der Waals surface area contributed by atoms with Crippen LogP contribution in [0.5, 0.6) is 0 Å². The van der Waals surface area contributed by atoms with Gasteiger partial charge in [-0.1, -0.05) is 48.5 Å². The van der Waals surface area contributed by atoms with Crippen LogP contribution in [0.1, 0.15) is 119 Å². The summed E-state index contributed by atoms with van der Waals surface area (Å²) in [5.74, 6) is 1.56. The number of fused-ring (bicyclic) bond motifs is 4. The molecule has 0 bridgehead atoms. The molecular weight excluding hydrogens is 416 g/mol. The summed E-state index contributed by atoms with van der Waals surface area (Å²) in [6, 6.07) is 6.97. The first-order chi connectivity index (χ1) is 16.4. The van der Waals surface area contributed by atoms with Crippen molar-refractivity contribution in [3.63, 3.8) is 0 Å². The molecule has 3 N–H and O–H groups in total. The van der Waals surface area contributed by atoms with Gasteiger partial charge in [0.25, 0.3) is 0 Å². The predicted molar refractivity (Wildman–Crippen MR) is 146 cm³/mol. The Morgan fingerprint density at radius 2 is 1.65 bits per heavy atom. The smallest absolute Gasteiger partial charge is 0.0653 e. The lowest BCUT2D eigenvalue weighted by Crippen LogP contribution is -2.18. The molecule has 4 nitrogen and oxygen atoms in total. The second-order valence-electron chi connectivity index (χ2n) is 10.9. The van der Waals surface area contributed by atoms with Gasteiger partial charge in [-0.05, 0) is 107 Å². The van der Waals surface area contributed by atoms with E-state index >= 15 is 0 Å². The van der Waals surface area contributed by atoms with Crippen molar-refractivity contribution in [2.75, 3.05) is 5.43 Å². The summed E-state index contributed by atoms with van der Waals surface area (Å²) in [5, 5.41) is 8.35. The minimum absolute atomic E-state index is 0.237. The number of H-pyrrole nitrogens is 1. The van der Waals surface area contributed by atoms with Crippen molar-refractivity contribution < 1.29 is 0 Å². The van der Waals surface area contributed by atoms with Gasteiger partial charge >= 0.3 is 0 Å². The number of aromatic nitrogens is 2. The fraction of sp³-hybridized carbons (Fsp3) is 0.567. The van der Waals surface area contributed by atoms with Crippen molar-refractivity contribution in [3.05, 3.63) is 57.8 Å². The molecule has 0 fully saturated rings. The van der Waals surface area contributed by atoms with Crippen LogP contribution in [0.4, 0.5) is 5.69 Å². The van der Waals surface area contributed by atoms with Crippen molar-refractivity contribution in [2.45, 2.75) is 111 Å². The zero-order chi connectivity index (χ0) is 24.5. The second-order valence-corrected chi connectivity index (χ2v) is 10.9. The Morgan fingerprint density at radius 3 is 2.35 bits per heavy atom. The molecule has 34 heavy (non-hydrogen) atoms. The molecule has 0 spiro atoms. The summed E-state index contributed by atoms with van der Waals surface area (Å²) < 4.78 is 0. The lowest BCUT2D eigenvalue weighted by molar-refractivity contribution is 0.559. The maximum atomic E-state index is 4.07. The van der Waals surface area contributed by atoms with Crippen LogP contribution in [0, 0.1) is 0 Å². The number of hydrazine groups is 1. The summed E-state index contributed by atoms with van der Waals surface area (Å²) >= 11 is 0. The third kappa shape index (κ3) is 4.49. The summed E-state index contributed by atoms with van der Waals surface area (Å²) in [4.78, 5) is 0. The number of nitrogens with zero attached hydrogens (tertiary/aromatic N) is 1. The van der Waals surface area contributed by atoms with Crippen molar-refractivity contribution in [3.8, 4) is 0 Å². The Morgan fingerprint density at radius 1 is 0.941 bits per heavy atom. The maximum Gasteiger partial charge on any atom is 0.0653 e. The van der Waals surface area contributed by atoms with Crippen LogP contribution in [0.3, 0.4) is 0 Å². The molecular formula is C30H44N4. The summed E-state index contributed by atoms with van der Waals surface area (Å²) in [6.07, 6.45) is 9.61. The fourth-order valence-corrected chi connectivity index (χ4v) is 6.29. The van der Waals surface area contributed by atoms with Gasteiger partial charge in [-0.25, -0.2) is 5.43 Å². The van der Waals surface area contributed by atoms with Crippen LogP contribution >= 0.6 is 0 Å². The number of benzene rings is 2. The highest BCUT2D eigenvalue weighted by molar-refractivity contribution is 5.80. The van der Waals surface area contributed by atoms with E-state index in [-0.39, 0.29) is 5.41 Å². The molecule has 0 saturated carbocycles. The second kappa shape index (κ2) is 10.1. The molecule has 184 valence electrons. The van der Waals surface area contributed by atoms with Crippen molar-refractivity contribution in [1.29, 1.82) is 0 Å². The molecule has 3 aromatic rings. The average Bonchev–Trinajstić information content (AvgIpc) is 3.62. The van der Waals surface area contributed by atoms with E-state index in [4.69, 9.17) is 0 Å². The number of hydrogen-bond acceptors (Lipinski definition) is 3. The lowest BCUT2D eigenvalue weighted by Gasteiger charge is -2.28. The van der Waals surface area contributed by atoms with Crippen molar-refractivity contribution in [1.82, 2.24) is 15.6 Å². The SMILES string of the molecule is CC.CCC1CCc2cc3[nH]ncc3cc21.CCC1CCc2cc3c(c(C(C)(C)C)c21)CNN3. The van der Waals surface area contributed by atoms with E-state index in [0.29, 0.717) is 0 Å². The maximum absolute atomic E-state index is 4.07. The van der Waals surface area contributed by atoms with E-state index in [1.54, 1.807) is 22.3 Å². The number of nitrogens with one attached hydrogen (secondary N) is 3. The van der Waals surface area contributed by atoms with Gasteiger partial charge in [-0.2, -0.15) is 5.10 Å². The molecule has 2 aromatic carbocycles. The zero-order valence-electron chi connectivity index (χ0n) is 22.4. The number of hydrogen-bond donors (Lipinski definition) is 3. The van der Waals surface area contributed by atoms with Crippen LogP contribution in [0.15, 0.2) is 24.4 Å². The van der Waals surface area contributed by atoms with Crippen LogP contribution in [-0.2, 0) is 24.8 Å². The number of anilines is 1.